The van der Waals surface area contributed by atoms with Crippen LogP contribution in [0.25, 0.3) is 0 Å². The van der Waals surface area contributed by atoms with Gasteiger partial charge in [0.2, 0.25) is 5.91 Å². The second-order valence-corrected chi connectivity index (χ2v) is 5.51. The molecule has 0 aliphatic carbocycles. The number of nitriles is 1. The second-order valence-electron chi connectivity index (χ2n) is 5.10. The number of halogens is 4. The van der Waals surface area contributed by atoms with E-state index in [1.54, 1.807) is 6.92 Å². The van der Waals surface area contributed by atoms with Crippen LogP contribution in [0.15, 0.2) is 6.20 Å². The Morgan fingerprint density at radius 1 is 1.55 bits per heavy atom. The number of nitrogens with two attached hydrogens (primary N) is 1. The number of pyridine rings is 1. The molecule has 1 fully saturated rings. The molecule has 1 aliphatic rings. The zero-order valence-corrected chi connectivity index (χ0v) is 12.2. The van der Waals surface area contributed by atoms with E-state index in [-0.39, 0.29) is 22.9 Å². The summed E-state index contributed by atoms with van der Waals surface area (Å²) in [6.07, 6.45) is -3.28. The van der Waals surface area contributed by atoms with Crippen molar-refractivity contribution in [2.75, 3.05) is 18.0 Å². The fourth-order valence-corrected chi connectivity index (χ4v) is 2.68. The highest BCUT2D eigenvalue weighted by atomic mass is 35.5. The molecule has 0 spiro atoms. The summed E-state index contributed by atoms with van der Waals surface area (Å²) in [7, 11) is 0. The predicted molar refractivity (Wildman–Crippen MR) is 73.1 cm³/mol. The van der Waals surface area contributed by atoms with E-state index in [9.17, 15) is 23.2 Å². The van der Waals surface area contributed by atoms with Crippen LogP contribution >= 0.6 is 11.6 Å². The van der Waals surface area contributed by atoms with Gasteiger partial charge in [0.1, 0.15) is 11.9 Å². The van der Waals surface area contributed by atoms with Crippen molar-refractivity contribution in [2.24, 2.45) is 17.6 Å². The van der Waals surface area contributed by atoms with Gasteiger partial charge >= 0.3 is 6.18 Å². The molecule has 2 atom stereocenters. The summed E-state index contributed by atoms with van der Waals surface area (Å²) >= 11 is 5.87. The van der Waals surface area contributed by atoms with Crippen LogP contribution in [-0.4, -0.2) is 30.2 Å². The Labute approximate surface area is 129 Å². The quantitative estimate of drug-likeness (QED) is 0.898. The summed E-state index contributed by atoms with van der Waals surface area (Å²) in [4.78, 5) is 16.5. The maximum Gasteiger partial charge on any atom is 0.394 e. The van der Waals surface area contributed by atoms with E-state index in [4.69, 9.17) is 17.3 Å². The van der Waals surface area contributed by atoms with Crippen molar-refractivity contribution in [3.05, 3.63) is 22.3 Å². The Hall–Kier alpha value is -2.01. The third-order valence-electron chi connectivity index (χ3n) is 3.77. The second kappa shape index (κ2) is 5.65. The molecule has 9 heteroatoms. The largest absolute Gasteiger partial charge is 0.394 e. The molecule has 22 heavy (non-hydrogen) atoms. The van der Waals surface area contributed by atoms with E-state index in [0.29, 0.717) is 5.56 Å². The molecule has 0 bridgehead atoms. The van der Waals surface area contributed by atoms with Gasteiger partial charge in [-0.15, -0.1) is 0 Å². The van der Waals surface area contributed by atoms with Crippen LogP contribution < -0.4 is 10.6 Å². The molecule has 0 unspecified atom stereocenters. The molecule has 0 radical (unpaired) electrons. The van der Waals surface area contributed by atoms with Crippen LogP contribution in [-0.2, 0) is 4.79 Å². The molecular formula is C13H12ClF3N4O. The van der Waals surface area contributed by atoms with Crippen molar-refractivity contribution in [1.29, 1.82) is 5.26 Å². The average Bonchev–Trinajstić information content (AvgIpc) is 2.86. The molecule has 1 aromatic rings. The van der Waals surface area contributed by atoms with Crippen molar-refractivity contribution < 1.29 is 18.0 Å². The van der Waals surface area contributed by atoms with Gasteiger partial charge in [0.25, 0.3) is 0 Å². The number of anilines is 1. The van der Waals surface area contributed by atoms with E-state index in [0.717, 1.165) is 0 Å². The zero-order chi connectivity index (χ0) is 16.7. The van der Waals surface area contributed by atoms with Crippen LogP contribution in [0.4, 0.5) is 19.0 Å². The van der Waals surface area contributed by atoms with Gasteiger partial charge in [0, 0.05) is 19.3 Å². The number of amides is 1. The number of hydrogen-bond donors (Lipinski definition) is 1. The van der Waals surface area contributed by atoms with E-state index >= 15 is 0 Å². The molecule has 5 nitrogen and oxygen atoms in total. The average molecular weight is 333 g/mol. The van der Waals surface area contributed by atoms with Crippen molar-refractivity contribution in [1.82, 2.24) is 4.98 Å². The lowest BCUT2D eigenvalue weighted by Crippen LogP contribution is -2.37. The first-order valence-corrected chi connectivity index (χ1v) is 6.70. The van der Waals surface area contributed by atoms with Crippen LogP contribution in [0.1, 0.15) is 11.1 Å². The fourth-order valence-electron chi connectivity index (χ4n) is 2.54. The first-order valence-electron chi connectivity index (χ1n) is 6.33. The van der Waals surface area contributed by atoms with Crippen LogP contribution in [0.5, 0.6) is 0 Å². The van der Waals surface area contributed by atoms with Crippen molar-refractivity contribution in [3.63, 3.8) is 0 Å². The van der Waals surface area contributed by atoms with Gasteiger partial charge in [-0.2, -0.15) is 18.4 Å². The van der Waals surface area contributed by atoms with Crippen molar-refractivity contribution in [3.8, 4) is 6.07 Å². The lowest BCUT2D eigenvalue weighted by molar-refractivity contribution is -0.181. The Balaban J connectivity index is 2.42. The number of carbonyl (C=O) groups is 1. The monoisotopic (exact) mass is 332 g/mol. The molecule has 118 valence electrons. The molecule has 1 aromatic heterocycles. The highest BCUT2D eigenvalue weighted by Gasteiger charge is 2.52. The molecule has 0 aromatic carbocycles. The number of aromatic nitrogens is 1. The van der Waals surface area contributed by atoms with Gasteiger partial charge in [-0.3, -0.25) is 4.79 Å². The van der Waals surface area contributed by atoms with Crippen LogP contribution in [0.3, 0.4) is 0 Å². The fraction of sp³-hybridized carbons (Fsp3) is 0.462. The molecule has 0 saturated carbocycles. The smallest absolute Gasteiger partial charge is 0.369 e. The molecule has 1 saturated heterocycles. The van der Waals surface area contributed by atoms with E-state index in [1.165, 1.54) is 11.1 Å². The predicted octanol–water partition coefficient (Wildman–Crippen LogP) is 2.02. The third-order valence-corrected chi connectivity index (χ3v) is 4.16. The van der Waals surface area contributed by atoms with Gasteiger partial charge in [0.15, 0.2) is 0 Å². The normalized spacial score (nSPS) is 21.7. The van der Waals surface area contributed by atoms with Gasteiger partial charge in [-0.05, 0) is 12.5 Å². The lowest BCUT2D eigenvalue weighted by Gasteiger charge is -2.20. The van der Waals surface area contributed by atoms with Gasteiger partial charge in [-0.25, -0.2) is 4.98 Å². The molecule has 1 aliphatic heterocycles. The van der Waals surface area contributed by atoms with Crippen LogP contribution in [0.2, 0.25) is 5.02 Å². The lowest BCUT2D eigenvalue weighted by atomic mass is 9.95. The maximum atomic E-state index is 13.0. The van der Waals surface area contributed by atoms with Gasteiger partial charge in [-0.1, -0.05) is 11.6 Å². The van der Waals surface area contributed by atoms with E-state index in [2.05, 4.69) is 4.98 Å². The summed E-state index contributed by atoms with van der Waals surface area (Å²) < 4.78 is 39.1. The summed E-state index contributed by atoms with van der Waals surface area (Å²) in [5, 5.41) is 9.44. The Kier molecular flexibility index (Phi) is 4.20. The maximum absolute atomic E-state index is 13.0. The van der Waals surface area contributed by atoms with E-state index in [1.807, 2.05) is 6.07 Å². The molecule has 2 N–H and O–H groups in total. The summed E-state index contributed by atoms with van der Waals surface area (Å²) in [6.45, 7) is 0.872. The topological polar surface area (TPSA) is 83.0 Å². The number of rotatable bonds is 2. The molecule has 2 rings (SSSR count). The molecule has 1 amide bonds. The number of carbonyl (C=O) groups excluding carboxylic acids is 1. The Bertz CT molecular complexity index is 656. The zero-order valence-electron chi connectivity index (χ0n) is 11.5. The minimum Gasteiger partial charge on any atom is -0.369 e. The SMILES string of the molecule is Cc1c(Cl)cnc(N2C[C@@H](C(F)(F)F)[C@H](C(N)=O)C2)c1C#N. The minimum absolute atomic E-state index is 0.0856. The van der Waals surface area contributed by atoms with Gasteiger partial charge < -0.3 is 10.6 Å². The Morgan fingerprint density at radius 3 is 2.64 bits per heavy atom. The first-order chi connectivity index (χ1) is 10.2. The highest BCUT2D eigenvalue weighted by molar-refractivity contribution is 6.31. The first kappa shape index (κ1) is 16.4. The van der Waals surface area contributed by atoms with Crippen molar-refractivity contribution >= 4 is 23.3 Å². The summed E-state index contributed by atoms with van der Waals surface area (Å²) in [6, 6.07) is 1.89. The number of alkyl halides is 3. The Morgan fingerprint density at radius 2 is 2.18 bits per heavy atom. The van der Waals surface area contributed by atoms with Crippen molar-refractivity contribution in [2.45, 2.75) is 13.1 Å². The number of hydrogen-bond acceptors (Lipinski definition) is 4. The number of nitrogens with zero attached hydrogens (tertiary/aromatic N) is 3. The van der Waals surface area contributed by atoms with Crippen LogP contribution in [0, 0.1) is 30.1 Å². The van der Waals surface area contributed by atoms with E-state index < -0.39 is 30.5 Å². The summed E-state index contributed by atoms with van der Waals surface area (Å²) in [5.41, 5.74) is 5.60. The van der Waals surface area contributed by atoms with Gasteiger partial charge in [0.05, 0.1) is 22.4 Å². The minimum atomic E-state index is -4.55. The highest BCUT2D eigenvalue weighted by Crippen LogP contribution is 2.40. The molecular weight excluding hydrogens is 321 g/mol. The summed E-state index contributed by atoms with van der Waals surface area (Å²) in [5.74, 6) is -4.19. The number of primary amides is 1. The molecule has 2 heterocycles. The third kappa shape index (κ3) is 2.81. The standard InChI is InChI=1S/C13H12ClF3N4O/c1-6-7(2-18)12(20-3-10(6)14)21-4-8(11(19)22)9(5-21)13(15,16)17/h3,8-9H,4-5H2,1H3,(H2,19,22)/t8-,9-/m1/s1.